The Morgan fingerprint density at radius 2 is 1.77 bits per heavy atom. The SMILES string of the molecule is CS(=O)(=O)c1ccc(Cl)c(NC(=O)CN2C(=O)[C@H]3CCCC[C@H]3C2=O)c1. The third-order valence-corrected chi connectivity index (χ3v) is 6.31. The van der Waals surface area contributed by atoms with Gasteiger partial charge in [0.1, 0.15) is 6.54 Å². The van der Waals surface area contributed by atoms with Crippen molar-refractivity contribution in [1.82, 2.24) is 4.90 Å². The van der Waals surface area contributed by atoms with Crippen LogP contribution in [0.15, 0.2) is 23.1 Å². The minimum Gasteiger partial charge on any atom is -0.323 e. The van der Waals surface area contributed by atoms with E-state index in [0.29, 0.717) is 12.8 Å². The third-order valence-electron chi connectivity index (χ3n) is 4.87. The summed E-state index contributed by atoms with van der Waals surface area (Å²) in [5, 5.41) is 2.66. The van der Waals surface area contributed by atoms with Gasteiger partial charge < -0.3 is 5.32 Å². The first kappa shape index (κ1) is 18.8. The molecule has 0 unspecified atom stereocenters. The van der Waals surface area contributed by atoms with E-state index >= 15 is 0 Å². The number of nitrogens with zero attached hydrogens (tertiary/aromatic N) is 1. The molecule has 1 aliphatic heterocycles. The van der Waals surface area contributed by atoms with Crippen LogP contribution in [0, 0.1) is 11.8 Å². The van der Waals surface area contributed by atoms with Crippen molar-refractivity contribution in [2.24, 2.45) is 11.8 Å². The van der Waals surface area contributed by atoms with Crippen LogP contribution in [0.1, 0.15) is 25.7 Å². The molecule has 1 aromatic rings. The number of nitrogens with one attached hydrogen (secondary N) is 1. The number of hydrogen-bond acceptors (Lipinski definition) is 5. The van der Waals surface area contributed by atoms with Gasteiger partial charge in [-0.3, -0.25) is 19.3 Å². The average molecular weight is 399 g/mol. The highest BCUT2D eigenvalue weighted by Gasteiger charge is 2.48. The van der Waals surface area contributed by atoms with Gasteiger partial charge in [-0.05, 0) is 31.0 Å². The van der Waals surface area contributed by atoms with Gasteiger partial charge in [-0.25, -0.2) is 8.42 Å². The summed E-state index contributed by atoms with van der Waals surface area (Å²) in [6.45, 7) is -0.399. The molecular weight excluding hydrogens is 380 g/mol. The molecule has 9 heteroatoms. The van der Waals surface area contributed by atoms with Crippen LogP contribution < -0.4 is 5.32 Å². The standard InChI is InChI=1S/C17H19ClN2O5S/c1-26(24,25)10-6-7-13(18)14(8-10)19-15(21)9-20-16(22)11-4-2-3-5-12(11)17(20)23/h6-8,11-12H,2-5,9H2,1H3,(H,19,21)/t11-,12+. The molecule has 1 N–H and O–H groups in total. The fourth-order valence-electron chi connectivity index (χ4n) is 3.55. The van der Waals surface area contributed by atoms with Gasteiger partial charge in [-0.2, -0.15) is 0 Å². The van der Waals surface area contributed by atoms with E-state index in [2.05, 4.69) is 5.32 Å². The average Bonchev–Trinajstić information content (AvgIpc) is 2.81. The molecule has 3 amide bonds. The van der Waals surface area contributed by atoms with Gasteiger partial charge >= 0.3 is 0 Å². The summed E-state index contributed by atoms with van der Waals surface area (Å²) in [4.78, 5) is 38.1. The summed E-state index contributed by atoms with van der Waals surface area (Å²) in [6, 6.07) is 3.96. The van der Waals surface area contributed by atoms with Crippen LogP contribution in [0.5, 0.6) is 0 Å². The highest BCUT2D eigenvalue weighted by atomic mass is 35.5. The van der Waals surface area contributed by atoms with Crippen molar-refractivity contribution >= 4 is 44.8 Å². The number of fused-ring (bicyclic) bond motifs is 1. The highest BCUT2D eigenvalue weighted by Crippen LogP contribution is 2.38. The molecule has 1 saturated heterocycles. The summed E-state index contributed by atoms with van der Waals surface area (Å²) in [6.07, 6.45) is 4.22. The van der Waals surface area contributed by atoms with Crippen molar-refractivity contribution < 1.29 is 22.8 Å². The first-order valence-electron chi connectivity index (χ1n) is 8.33. The van der Waals surface area contributed by atoms with Crippen molar-refractivity contribution in [1.29, 1.82) is 0 Å². The van der Waals surface area contributed by atoms with E-state index in [1.807, 2.05) is 0 Å². The largest absolute Gasteiger partial charge is 0.323 e. The Hall–Kier alpha value is -1.93. The Morgan fingerprint density at radius 1 is 1.19 bits per heavy atom. The summed E-state index contributed by atoms with van der Waals surface area (Å²) < 4.78 is 23.3. The van der Waals surface area contributed by atoms with E-state index in [9.17, 15) is 22.8 Å². The lowest BCUT2D eigenvalue weighted by Gasteiger charge is -2.19. The van der Waals surface area contributed by atoms with Gasteiger partial charge in [0.2, 0.25) is 17.7 Å². The van der Waals surface area contributed by atoms with Gasteiger partial charge in [0, 0.05) is 6.26 Å². The van der Waals surface area contributed by atoms with Gasteiger partial charge in [-0.1, -0.05) is 24.4 Å². The first-order chi connectivity index (χ1) is 12.2. The van der Waals surface area contributed by atoms with Crippen LogP contribution in [0.2, 0.25) is 5.02 Å². The number of halogens is 1. The van der Waals surface area contributed by atoms with Crippen molar-refractivity contribution in [3.63, 3.8) is 0 Å². The molecule has 2 fully saturated rings. The minimum absolute atomic E-state index is 0.0107. The lowest BCUT2D eigenvalue weighted by molar-refractivity contribution is -0.142. The van der Waals surface area contributed by atoms with Crippen molar-refractivity contribution in [3.8, 4) is 0 Å². The molecule has 7 nitrogen and oxygen atoms in total. The number of anilines is 1. The minimum atomic E-state index is -3.46. The van der Waals surface area contributed by atoms with Crippen molar-refractivity contribution in [2.45, 2.75) is 30.6 Å². The second kappa shape index (κ2) is 7.00. The maximum absolute atomic E-state index is 12.4. The molecule has 0 bridgehead atoms. The second-order valence-electron chi connectivity index (χ2n) is 6.72. The molecular formula is C17H19ClN2O5S. The molecule has 2 atom stereocenters. The maximum Gasteiger partial charge on any atom is 0.244 e. The number of sulfone groups is 1. The number of hydrogen-bond donors (Lipinski definition) is 1. The summed E-state index contributed by atoms with van der Waals surface area (Å²) in [7, 11) is -3.46. The third kappa shape index (κ3) is 3.61. The van der Waals surface area contributed by atoms with E-state index in [1.165, 1.54) is 18.2 Å². The summed E-state index contributed by atoms with van der Waals surface area (Å²) in [5.41, 5.74) is 0.121. The van der Waals surface area contributed by atoms with Crippen LogP contribution in [0.3, 0.4) is 0 Å². The van der Waals surface area contributed by atoms with E-state index in [-0.39, 0.29) is 39.3 Å². The molecule has 1 aromatic carbocycles. The van der Waals surface area contributed by atoms with Gasteiger partial charge in [0.15, 0.2) is 9.84 Å². The fraction of sp³-hybridized carbons (Fsp3) is 0.471. The molecule has 140 valence electrons. The summed E-state index contributed by atoms with van der Waals surface area (Å²) in [5.74, 6) is -1.84. The summed E-state index contributed by atoms with van der Waals surface area (Å²) >= 11 is 6.01. The predicted octanol–water partition coefficient (Wildman–Crippen LogP) is 1.86. The topological polar surface area (TPSA) is 101 Å². The van der Waals surface area contributed by atoms with Gasteiger partial charge in [0.05, 0.1) is 27.4 Å². The van der Waals surface area contributed by atoms with Crippen LogP contribution in [-0.2, 0) is 24.2 Å². The molecule has 1 saturated carbocycles. The molecule has 1 heterocycles. The number of carbonyl (C=O) groups excluding carboxylic acids is 3. The van der Waals surface area contributed by atoms with E-state index in [0.717, 1.165) is 24.0 Å². The first-order valence-corrected chi connectivity index (χ1v) is 10.6. The normalized spacial score (nSPS) is 23.1. The Balaban J connectivity index is 1.73. The number of likely N-dealkylation sites (tertiary alicyclic amines) is 1. The van der Waals surface area contributed by atoms with Crippen LogP contribution in [0.4, 0.5) is 5.69 Å². The van der Waals surface area contributed by atoms with Gasteiger partial charge in [-0.15, -0.1) is 0 Å². The van der Waals surface area contributed by atoms with E-state index in [1.54, 1.807) is 0 Å². The molecule has 2 aliphatic rings. The Labute approximate surface area is 156 Å². The molecule has 0 spiro atoms. The molecule has 0 radical (unpaired) electrons. The maximum atomic E-state index is 12.4. The number of amides is 3. The Bertz CT molecular complexity index is 859. The zero-order valence-corrected chi connectivity index (χ0v) is 15.8. The fourth-order valence-corrected chi connectivity index (χ4v) is 4.36. The van der Waals surface area contributed by atoms with E-state index < -0.39 is 22.3 Å². The molecule has 3 rings (SSSR count). The number of carbonyl (C=O) groups is 3. The van der Waals surface area contributed by atoms with Crippen molar-refractivity contribution in [2.75, 3.05) is 18.1 Å². The van der Waals surface area contributed by atoms with E-state index in [4.69, 9.17) is 11.6 Å². The number of benzene rings is 1. The van der Waals surface area contributed by atoms with Crippen molar-refractivity contribution in [3.05, 3.63) is 23.2 Å². The zero-order chi connectivity index (χ0) is 19.1. The Morgan fingerprint density at radius 3 is 2.31 bits per heavy atom. The van der Waals surface area contributed by atoms with Crippen LogP contribution in [-0.4, -0.2) is 43.8 Å². The number of imide groups is 1. The smallest absolute Gasteiger partial charge is 0.244 e. The second-order valence-corrected chi connectivity index (χ2v) is 9.14. The monoisotopic (exact) mass is 398 g/mol. The predicted molar refractivity (Wildman–Crippen MR) is 95.4 cm³/mol. The lowest BCUT2D eigenvalue weighted by Crippen LogP contribution is -2.38. The lowest BCUT2D eigenvalue weighted by atomic mass is 9.81. The number of rotatable bonds is 4. The Kier molecular flexibility index (Phi) is 5.07. The van der Waals surface area contributed by atoms with Crippen LogP contribution >= 0.6 is 11.6 Å². The highest BCUT2D eigenvalue weighted by molar-refractivity contribution is 7.90. The molecule has 26 heavy (non-hydrogen) atoms. The zero-order valence-electron chi connectivity index (χ0n) is 14.2. The molecule has 1 aliphatic carbocycles. The van der Waals surface area contributed by atoms with Gasteiger partial charge in [0.25, 0.3) is 0 Å². The quantitative estimate of drug-likeness (QED) is 0.780. The molecule has 0 aromatic heterocycles. The van der Waals surface area contributed by atoms with Crippen LogP contribution in [0.25, 0.3) is 0 Å².